The summed E-state index contributed by atoms with van der Waals surface area (Å²) in [7, 11) is 0. The number of rotatable bonds is 5. The van der Waals surface area contributed by atoms with E-state index in [0.717, 1.165) is 50.1 Å². The minimum Gasteiger partial charge on any atom is -0.308 e. The lowest BCUT2D eigenvalue weighted by Gasteiger charge is -2.14. The Kier molecular flexibility index (Phi) is 7.20. The van der Waals surface area contributed by atoms with Gasteiger partial charge in [-0.1, -0.05) is 164 Å². The van der Waals surface area contributed by atoms with Crippen molar-refractivity contribution in [1.82, 2.24) is 18.9 Å². The molecule has 4 heterocycles. The van der Waals surface area contributed by atoms with Crippen molar-refractivity contribution in [3.8, 4) is 50.7 Å². The van der Waals surface area contributed by atoms with Crippen LogP contribution in [-0.2, 0) is 0 Å². The molecule has 0 saturated carbocycles. The van der Waals surface area contributed by atoms with Crippen molar-refractivity contribution in [2.45, 2.75) is 0 Å². The molecule has 4 nitrogen and oxygen atoms in total. The van der Waals surface area contributed by atoms with Gasteiger partial charge in [0.25, 0.3) is 0 Å². The van der Waals surface area contributed by atoms with Gasteiger partial charge in [-0.3, -0.25) is 4.57 Å². The number of hydrogen-bond acceptors (Lipinski definition) is 2. The molecule has 0 atom stereocenters. The van der Waals surface area contributed by atoms with Gasteiger partial charge in [0.2, 0.25) is 5.95 Å². The second kappa shape index (κ2) is 12.9. The van der Waals surface area contributed by atoms with Crippen molar-refractivity contribution in [2.75, 3.05) is 0 Å². The van der Waals surface area contributed by atoms with Gasteiger partial charge in [0.15, 0.2) is 0 Å². The van der Waals surface area contributed by atoms with Crippen molar-refractivity contribution in [3.05, 3.63) is 206 Å². The summed E-state index contributed by atoms with van der Waals surface area (Å²) in [5.41, 5.74) is 14.1. The van der Waals surface area contributed by atoms with E-state index < -0.39 is 0 Å². The first-order valence-corrected chi connectivity index (χ1v) is 19.7. The van der Waals surface area contributed by atoms with E-state index in [0.29, 0.717) is 5.95 Å². The number of para-hydroxylation sites is 2. The molecular formula is C54H34N4. The SMILES string of the molecule is c1ccc(-c2cccc(-c3cc(-c4cccc(-c5ccccc5)c4)nc(-n4c5ccccc5c5c4ccc4c6ccccc6c6cc7ccccc7n6c45)n3)c2)cc1. The van der Waals surface area contributed by atoms with E-state index in [-0.39, 0.29) is 0 Å². The fourth-order valence-corrected chi connectivity index (χ4v) is 9.05. The van der Waals surface area contributed by atoms with Gasteiger partial charge in [-0.15, -0.1) is 0 Å². The Balaban J connectivity index is 1.18. The van der Waals surface area contributed by atoms with E-state index in [1.54, 1.807) is 0 Å². The minimum absolute atomic E-state index is 0.627. The van der Waals surface area contributed by atoms with Crippen LogP contribution in [0.2, 0.25) is 0 Å². The maximum absolute atomic E-state index is 5.46. The van der Waals surface area contributed by atoms with Crippen molar-refractivity contribution in [1.29, 1.82) is 0 Å². The first-order chi connectivity index (χ1) is 28.8. The van der Waals surface area contributed by atoms with E-state index in [4.69, 9.17) is 9.97 Å². The Morgan fingerprint density at radius 1 is 0.310 bits per heavy atom. The Morgan fingerprint density at radius 2 is 0.845 bits per heavy atom. The number of benzene rings is 8. The van der Waals surface area contributed by atoms with Crippen LogP contribution in [-0.4, -0.2) is 18.9 Å². The monoisotopic (exact) mass is 738 g/mol. The molecule has 0 fully saturated rings. The third-order valence-electron chi connectivity index (χ3n) is 11.7. The van der Waals surface area contributed by atoms with Gasteiger partial charge in [0.05, 0.1) is 39.0 Å². The summed E-state index contributed by atoms with van der Waals surface area (Å²) in [4.78, 5) is 10.9. The van der Waals surface area contributed by atoms with Crippen LogP contribution in [0.25, 0.3) is 111 Å². The fraction of sp³-hybridized carbons (Fsp3) is 0. The van der Waals surface area contributed by atoms with Gasteiger partial charge in [-0.05, 0) is 70.1 Å². The molecule has 0 spiro atoms. The number of fused-ring (bicyclic) bond motifs is 12. The second-order valence-corrected chi connectivity index (χ2v) is 15.0. The van der Waals surface area contributed by atoms with Gasteiger partial charge < -0.3 is 4.40 Å². The molecule has 0 unspecified atom stereocenters. The highest BCUT2D eigenvalue weighted by molar-refractivity contribution is 6.27. The average Bonchev–Trinajstić information content (AvgIpc) is 3.86. The second-order valence-electron chi connectivity index (χ2n) is 15.0. The lowest BCUT2D eigenvalue weighted by molar-refractivity contribution is 0.996. The number of aromatic nitrogens is 4. The maximum atomic E-state index is 5.46. The van der Waals surface area contributed by atoms with Crippen LogP contribution in [0.4, 0.5) is 0 Å². The molecule has 270 valence electrons. The van der Waals surface area contributed by atoms with E-state index in [1.165, 1.54) is 54.6 Å². The lowest BCUT2D eigenvalue weighted by Crippen LogP contribution is -2.04. The molecule has 4 aromatic heterocycles. The fourth-order valence-electron chi connectivity index (χ4n) is 9.05. The molecule has 12 rings (SSSR count). The Hall–Kier alpha value is -7.82. The van der Waals surface area contributed by atoms with Gasteiger partial charge in [0.1, 0.15) is 0 Å². The van der Waals surface area contributed by atoms with Crippen LogP contribution in [0, 0.1) is 0 Å². The summed E-state index contributed by atoms with van der Waals surface area (Å²) in [6.07, 6.45) is 0. The van der Waals surface area contributed by atoms with Crippen LogP contribution < -0.4 is 0 Å². The van der Waals surface area contributed by atoms with Crippen molar-refractivity contribution in [2.24, 2.45) is 0 Å². The molecule has 0 saturated heterocycles. The van der Waals surface area contributed by atoms with E-state index in [2.05, 4.69) is 215 Å². The zero-order valence-electron chi connectivity index (χ0n) is 31.4. The van der Waals surface area contributed by atoms with Crippen LogP contribution in [0.3, 0.4) is 0 Å². The number of hydrogen-bond donors (Lipinski definition) is 0. The molecule has 58 heavy (non-hydrogen) atoms. The average molecular weight is 739 g/mol. The summed E-state index contributed by atoms with van der Waals surface area (Å²) in [5.74, 6) is 0.627. The largest absolute Gasteiger partial charge is 0.308 e. The molecule has 8 aromatic carbocycles. The Morgan fingerprint density at radius 3 is 1.52 bits per heavy atom. The molecule has 0 aliphatic carbocycles. The zero-order chi connectivity index (χ0) is 38.2. The summed E-state index contributed by atoms with van der Waals surface area (Å²) in [5, 5.41) is 7.25. The van der Waals surface area contributed by atoms with E-state index >= 15 is 0 Å². The van der Waals surface area contributed by atoms with Crippen LogP contribution in [0.1, 0.15) is 0 Å². The van der Waals surface area contributed by atoms with Crippen LogP contribution >= 0.6 is 0 Å². The summed E-state index contributed by atoms with van der Waals surface area (Å²) >= 11 is 0. The molecule has 0 aliphatic rings. The van der Waals surface area contributed by atoms with Crippen molar-refractivity contribution in [3.63, 3.8) is 0 Å². The van der Waals surface area contributed by atoms with Crippen LogP contribution in [0.15, 0.2) is 206 Å². The molecule has 12 aromatic rings. The van der Waals surface area contributed by atoms with Gasteiger partial charge >= 0.3 is 0 Å². The quantitative estimate of drug-likeness (QED) is 0.165. The van der Waals surface area contributed by atoms with Crippen molar-refractivity contribution < 1.29 is 0 Å². The predicted octanol–water partition coefficient (Wildman–Crippen LogP) is 14.0. The van der Waals surface area contributed by atoms with Crippen molar-refractivity contribution >= 4 is 59.9 Å². The smallest absolute Gasteiger partial charge is 0.235 e. The first-order valence-electron chi connectivity index (χ1n) is 19.7. The molecular weight excluding hydrogens is 705 g/mol. The predicted molar refractivity (Wildman–Crippen MR) is 242 cm³/mol. The molecule has 0 amide bonds. The third-order valence-corrected chi connectivity index (χ3v) is 11.7. The molecule has 0 radical (unpaired) electrons. The third kappa shape index (κ3) is 5.02. The first kappa shape index (κ1) is 32.4. The molecule has 0 aliphatic heterocycles. The molecule has 4 heteroatoms. The topological polar surface area (TPSA) is 35.1 Å². The Labute approximate surface area is 334 Å². The minimum atomic E-state index is 0.627. The summed E-state index contributed by atoms with van der Waals surface area (Å²) in [6, 6.07) is 73.7. The lowest BCUT2D eigenvalue weighted by atomic mass is 9.99. The highest BCUT2D eigenvalue weighted by Crippen LogP contribution is 2.42. The Bertz CT molecular complexity index is 3460. The van der Waals surface area contributed by atoms with Gasteiger partial charge in [0, 0.05) is 38.1 Å². The van der Waals surface area contributed by atoms with Gasteiger partial charge in [-0.25, -0.2) is 9.97 Å². The maximum Gasteiger partial charge on any atom is 0.235 e. The van der Waals surface area contributed by atoms with E-state index in [1.807, 2.05) is 0 Å². The van der Waals surface area contributed by atoms with Crippen LogP contribution in [0.5, 0.6) is 0 Å². The van der Waals surface area contributed by atoms with E-state index in [9.17, 15) is 0 Å². The van der Waals surface area contributed by atoms with Gasteiger partial charge in [-0.2, -0.15) is 0 Å². The molecule has 0 bridgehead atoms. The highest BCUT2D eigenvalue weighted by Gasteiger charge is 2.22. The number of nitrogens with zero attached hydrogens (tertiary/aromatic N) is 4. The summed E-state index contributed by atoms with van der Waals surface area (Å²) in [6.45, 7) is 0. The zero-order valence-corrected chi connectivity index (χ0v) is 31.4. The standard InChI is InChI=1S/C54H34N4/c1-3-15-35(16-4-1)37-20-13-22-39(31-37)46-34-47(40-23-14-21-38(32-40)36-17-5-2-6-18-36)56-54(55-46)58-49-28-12-10-26-45(49)52-50(58)30-29-44-42-24-8-9-25-43(42)51-33-41-19-7-11-27-48(41)57(51)53(44)52/h1-34H. The normalized spacial score (nSPS) is 11.8. The summed E-state index contributed by atoms with van der Waals surface area (Å²) < 4.78 is 4.74. The number of pyridine rings is 1. The highest BCUT2D eigenvalue weighted by atomic mass is 15.2. The molecule has 0 N–H and O–H groups in total.